The largest absolute Gasteiger partial charge is 0.481 e. The van der Waals surface area contributed by atoms with Crippen LogP contribution in [0, 0.1) is 5.92 Å². The number of hydrogen-bond acceptors (Lipinski definition) is 3. The molecule has 1 heterocycles. The van der Waals surface area contributed by atoms with E-state index < -0.39 is 11.9 Å². The van der Waals surface area contributed by atoms with E-state index in [1.54, 1.807) is 13.0 Å². The Morgan fingerprint density at radius 3 is 2.59 bits per heavy atom. The molecule has 0 radical (unpaired) electrons. The number of carboxylic acids is 1. The zero-order valence-corrected chi connectivity index (χ0v) is 13.0. The summed E-state index contributed by atoms with van der Waals surface area (Å²) in [6.45, 7) is 1.93. The fourth-order valence-corrected chi connectivity index (χ4v) is 3.12. The van der Waals surface area contributed by atoms with E-state index in [1.807, 2.05) is 0 Å². The molecule has 2 N–H and O–H groups in total. The van der Waals surface area contributed by atoms with Crippen LogP contribution in [0.25, 0.3) is 0 Å². The maximum Gasteiger partial charge on any atom is 0.308 e. The van der Waals surface area contributed by atoms with Crippen molar-refractivity contribution in [2.75, 3.05) is 6.54 Å². The quantitative estimate of drug-likeness (QED) is 0.819. The lowest BCUT2D eigenvalue weighted by Gasteiger charge is -2.10. The lowest BCUT2D eigenvalue weighted by Crippen LogP contribution is -2.32. The molecule has 0 aliphatic carbocycles. The highest BCUT2D eigenvalue weighted by Gasteiger charge is 2.17. The number of halogens is 2. The van der Waals surface area contributed by atoms with Crippen LogP contribution in [0.5, 0.6) is 0 Å². The molecule has 1 aromatic heterocycles. The molecular weight excluding hydrogens is 374 g/mol. The molecule has 1 atom stereocenters. The summed E-state index contributed by atoms with van der Waals surface area (Å²) in [4.78, 5) is 23.0. The van der Waals surface area contributed by atoms with Crippen LogP contribution >= 0.6 is 43.2 Å². The summed E-state index contributed by atoms with van der Waals surface area (Å²) in [5.41, 5.74) is 0. The van der Waals surface area contributed by atoms with Gasteiger partial charge in [0.05, 0.1) is 14.6 Å². The van der Waals surface area contributed by atoms with Crippen molar-refractivity contribution in [3.8, 4) is 0 Å². The molecule has 4 nitrogen and oxygen atoms in total. The van der Waals surface area contributed by atoms with E-state index in [1.165, 1.54) is 11.3 Å². The molecule has 0 aliphatic rings. The maximum absolute atomic E-state index is 11.7. The normalized spacial score (nSPS) is 12.2. The SMILES string of the molecule is CCC(CNC(=O)c1cc(Br)c(Br)s1)C(=O)O. The van der Waals surface area contributed by atoms with Gasteiger partial charge in [-0.1, -0.05) is 6.92 Å². The van der Waals surface area contributed by atoms with Crippen molar-refractivity contribution in [3.63, 3.8) is 0 Å². The average Bonchev–Trinajstić information content (AvgIpc) is 2.59. The number of carbonyl (C=O) groups is 2. The molecule has 0 fully saturated rings. The minimum absolute atomic E-state index is 0.151. The molecule has 0 bridgehead atoms. The van der Waals surface area contributed by atoms with E-state index in [0.717, 1.165) is 8.26 Å². The number of aliphatic carboxylic acids is 1. The number of carboxylic acid groups (broad SMARTS) is 1. The Morgan fingerprint density at radius 2 is 2.18 bits per heavy atom. The molecule has 17 heavy (non-hydrogen) atoms. The highest BCUT2D eigenvalue weighted by Crippen LogP contribution is 2.32. The Labute approximate surface area is 120 Å². The maximum atomic E-state index is 11.7. The number of carbonyl (C=O) groups excluding carboxylic acids is 1. The van der Waals surface area contributed by atoms with Crippen molar-refractivity contribution in [3.05, 3.63) is 19.2 Å². The van der Waals surface area contributed by atoms with Gasteiger partial charge in [-0.25, -0.2) is 0 Å². The Bertz CT molecular complexity index is 414. The zero-order chi connectivity index (χ0) is 13.0. The van der Waals surface area contributed by atoms with E-state index in [4.69, 9.17) is 5.11 Å². The highest BCUT2D eigenvalue weighted by molar-refractivity contribution is 9.13. The molecule has 0 spiro atoms. The number of thiophene rings is 1. The molecule has 1 rings (SSSR count). The van der Waals surface area contributed by atoms with Crippen molar-refractivity contribution < 1.29 is 14.7 Å². The third-order valence-electron chi connectivity index (χ3n) is 2.22. The molecule has 1 unspecified atom stereocenters. The van der Waals surface area contributed by atoms with Crippen LogP contribution < -0.4 is 5.32 Å². The molecular formula is C10H11Br2NO3S. The molecule has 94 valence electrons. The van der Waals surface area contributed by atoms with Gasteiger partial charge in [-0.15, -0.1) is 11.3 Å². The first-order valence-corrected chi connectivity index (χ1v) is 7.31. The van der Waals surface area contributed by atoms with Gasteiger partial charge in [-0.3, -0.25) is 9.59 Å². The second-order valence-corrected chi connectivity index (χ2v) is 6.61. The van der Waals surface area contributed by atoms with Crippen LogP contribution in [0.3, 0.4) is 0 Å². The fourth-order valence-electron chi connectivity index (χ4n) is 1.17. The summed E-state index contributed by atoms with van der Waals surface area (Å²) >= 11 is 7.89. The van der Waals surface area contributed by atoms with E-state index in [-0.39, 0.29) is 12.5 Å². The van der Waals surface area contributed by atoms with Crippen molar-refractivity contribution in [2.45, 2.75) is 13.3 Å². The van der Waals surface area contributed by atoms with Crippen LogP contribution in [0.4, 0.5) is 0 Å². The summed E-state index contributed by atoms with van der Waals surface area (Å²) in [6.07, 6.45) is 0.493. The lowest BCUT2D eigenvalue weighted by atomic mass is 10.1. The molecule has 0 saturated heterocycles. The predicted molar refractivity (Wildman–Crippen MR) is 73.5 cm³/mol. The Kier molecular flexibility index (Phi) is 5.61. The summed E-state index contributed by atoms with van der Waals surface area (Å²) in [5, 5.41) is 11.5. The summed E-state index contributed by atoms with van der Waals surface area (Å²) < 4.78 is 1.66. The van der Waals surface area contributed by atoms with E-state index in [0.29, 0.717) is 11.3 Å². The van der Waals surface area contributed by atoms with Gasteiger partial charge in [0, 0.05) is 11.0 Å². The Balaban J connectivity index is 2.58. The standard InChI is InChI=1S/C10H11Br2NO3S/c1-2-5(10(15)16)4-13-9(14)7-3-6(11)8(12)17-7/h3,5H,2,4H2,1H3,(H,13,14)(H,15,16). The number of hydrogen-bond donors (Lipinski definition) is 2. The lowest BCUT2D eigenvalue weighted by molar-refractivity contribution is -0.141. The van der Waals surface area contributed by atoms with Crippen molar-refractivity contribution in [1.82, 2.24) is 5.32 Å². The van der Waals surface area contributed by atoms with Crippen LogP contribution in [0.15, 0.2) is 14.3 Å². The number of rotatable bonds is 5. The van der Waals surface area contributed by atoms with E-state index in [9.17, 15) is 9.59 Å². The topological polar surface area (TPSA) is 66.4 Å². The predicted octanol–water partition coefficient (Wildman–Crippen LogP) is 3.11. The summed E-state index contributed by atoms with van der Waals surface area (Å²) in [6, 6.07) is 1.70. The Morgan fingerprint density at radius 1 is 1.53 bits per heavy atom. The van der Waals surface area contributed by atoms with Gasteiger partial charge in [0.25, 0.3) is 5.91 Å². The van der Waals surface area contributed by atoms with Crippen LogP contribution in [0.1, 0.15) is 23.0 Å². The van der Waals surface area contributed by atoms with E-state index in [2.05, 4.69) is 37.2 Å². The van der Waals surface area contributed by atoms with Crippen molar-refractivity contribution in [1.29, 1.82) is 0 Å². The summed E-state index contributed by atoms with van der Waals surface area (Å²) in [7, 11) is 0. The monoisotopic (exact) mass is 383 g/mol. The van der Waals surface area contributed by atoms with Gasteiger partial charge >= 0.3 is 5.97 Å². The molecule has 1 aromatic rings. The molecule has 1 amide bonds. The fraction of sp³-hybridized carbons (Fsp3) is 0.400. The molecule has 7 heteroatoms. The summed E-state index contributed by atoms with van der Waals surface area (Å²) in [5.74, 6) is -1.67. The van der Waals surface area contributed by atoms with Crippen LogP contribution in [0.2, 0.25) is 0 Å². The van der Waals surface area contributed by atoms with Crippen molar-refractivity contribution in [2.24, 2.45) is 5.92 Å². The smallest absolute Gasteiger partial charge is 0.308 e. The number of nitrogens with one attached hydrogen (secondary N) is 1. The van der Waals surface area contributed by atoms with Crippen molar-refractivity contribution >= 4 is 55.1 Å². The van der Waals surface area contributed by atoms with Crippen LogP contribution in [-0.2, 0) is 4.79 Å². The third kappa shape index (κ3) is 4.08. The van der Waals surface area contributed by atoms with Gasteiger partial charge in [0.2, 0.25) is 0 Å². The van der Waals surface area contributed by atoms with Crippen LogP contribution in [-0.4, -0.2) is 23.5 Å². The molecule has 0 saturated carbocycles. The second-order valence-electron chi connectivity index (χ2n) is 3.39. The zero-order valence-electron chi connectivity index (χ0n) is 9.00. The molecule has 0 aliphatic heterocycles. The van der Waals surface area contributed by atoms with Gasteiger partial charge in [-0.2, -0.15) is 0 Å². The molecule has 0 aromatic carbocycles. The first-order valence-electron chi connectivity index (χ1n) is 4.91. The van der Waals surface area contributed by atoms with Gasteiger partial charge in [0.1, 0.15) is 0 Å². The van der Waals surface area contributed by atoms with Gasteiger partial charge in [-0.05, 0) is 44.3 Å². The highest BCUT2D eigenvalue weighted by atomic mass is 79.9. The average molecular weight is 385 g/mol. The third-order valence-corrected chi connectivity index (χ3v) is 5.48. The number of amides is 1. The minimum atomic E-state index is -0.888. The first-order chi connectivity index (χ1) is 7.95. The van der Waals surface area contributed by atoms with E-state index >= 15 is 0 Å². The minimum Gasteiger partial charge on any atom is -0.481 e. The van der Waals surface area contributed by atoms with Gasteiger partial charge < -0.3 is 10.4 Å². The van der Waals surface area contributed by atoms with Gasteiger partial charge in [0.15, 0.2) is 0 Å². The second kappa shape index (κ2) is 6.51. The Hall–Kier alpha value is -0.400. The first kappa shape index (κ1) is 14.7.